The summed E-state index contributed by atoms with van der Waals surface area (Å²) in [6.07, 6.45) is 4.05. The molecule has 3 aromatic rings. The van der Waals surface area contributed by atoms with Gasteiger partial charge in [-0.25, -0.2) is 4.90 Å². The van der Waals surface area contributed by atoms with Gasteiger partial charge in [-0.2, -0.15) is 0 Å². The third-order valence-electron chi connectivity index (χ3n) is 6.88. The number of rotatable bonds is 9. The molecule has 5 rings (SSSR count). The van der Waals surface area contributed by atoms with Gasteiger partial charge in [0.2, 0.25) is 6.41 Å². The van der Waals surface area contributed by atoms with Crippen LogP contribution in [0, 0.1) is 5.92 Å². The van der Waals surface area contributed by atoms with Gasteiger partial charge in [-0.3, -0.25) is 0 Å². The van der Waals surface area contributed by atoms with Crippen molar-refractivity contribution in [1.29, 1.82) is 0 Å². The molecule has 0 bridgehead atoms. The second-order valence-electron chi connectivity index (χ2n) is 9.05. The van der Waals surface area contributed by atoms with E-state index in [1.54, 1.807) is 0 Å². The average Bonchev–Trinajstić information content (AvgIpc) is 3.16. The lowest BCUT2D eigenvalue weighted by atomic mass is 9.86. The number of halogens is 1. The van der Waals surface area contributed by atoms with Gasteiger partial charge in [-0.05, 0) is 66.6 Å². The van der Waals surface area contributed by atoms with Crippen molar-refractivity contribution in [2.24, 2.45) is 5.92 Å². The number of aliphatic hydroxyl groups excluding tert-OH is 2. The summed E-state index contributed by atoms with van der Waals surface area (Å²) in [5.74, 6) is 1.32. The van der Waals surface area contributed by atoms with E-state index in [2.05, 4.69) is 4.98 Å². The Morgan fingerprint density at radius 1 is 1.15 bits per heavy atom. The molecule has 2 atom stereocenters. The summed E-state index contributed by atoms with van der Waals surface area (Å²) in [6.45, 7) is 1.86. The Bertz CT molecular complexity index is 1080. The zero-order valence-electron chi connectivity index (χ0n) is 18.7. The van der Waals surface area contributed by atoms with Crippen LogP contribution in [0.4, 0.5) is 0 Å². The fourth-order valence-electron chi connectivity index (χ4n) is 4.85. The Hall–Kier alpha value is -2.09. The molecule has 2 aliphatic rings. The van der Waals surface area contributed by atoms with Gasteiger partial charge in [-0.1, -0.05) is 30.2 Å². The van der Waals surface area contributed by atoms with Gasteiger partial charge in [0.1, 0.15) is 5.75 Å². The number of nitrogens with one attached hydrogen (secondary N) is 1. The van der Waals surface area contributed by atoms with Crippen LogP contribution in [-0.2, 0) is 11.2 Å². The zero-order valence-corrected chi connectivity index (χ0v) is 19.4. The molecular weight excluding hydrogens is 440 g/mol. The van der Waals surface area contributed by atoms with Crippen molar-refractivity contribution in [3.63, 3.8) is 0 Å². The topological polar surface area (TPSA) is 78.0 Å². The Balaban J connectivity index is 1.46. The van der Waals surface area contributed by atoms with E-state index in [1.807, 2.05) is 47.4 Å². The first-order valence-corrected chi connectivity index (χ1v) is 12.2. The minimum Gasteiger partial charge on any atom is -0.494 e. The number of nitrogens with zero attached hydrogens (tertiary/aromatic N) is 1. The Labute approximate surface area is 199 Å². The highest BCUT2D eigenvalue weighted by atomic mass is 35.5. The smallest absolute Gasteiger partial charge is 0.216 e. The van der Waals surface area contributed by atoms with E-state index in [0.29, 0.717) is 32.1 Å². The molecule has 2 heterocycles. The SMILES string of the molecule is OCCCOc1ccc([C@H]2c3[nH]c4ccc(Cl)cc4c3CCN2C(O)OCC2CCC2)cc1. The standard InChI is InChI=1S/C26H31ClN2O4/c27-19-7-10-23-22(15-19)21-11-12-29(26(31)33-16-17-3-1-4-17)25(24(21)28-23)18-5-8-20(9-6-18)32-14-2-13-30/h5-10,15,17,25-26,28,30-31H,1-4,11-14,16H2/t25-,26?/m0/s1. The lowest BCUT2D eigenvalue weighted by Gasteiger charge is -2.39. The highest BCUT2D eigenvalue weighted by molar-refractivity contribution is 6.31. The van der Waals surface area contributed by atoms with Crippen LogP contribution in [0.5, 0.6) is 5.75 Å². The molecule has 176 valence electrons. The molecule has 3 N–H and O–H groups in total. The van der Waals surface area contributed by atoms with Crippen LogP contribution >= 0.6 is 11.6 Å². The van der Waals surface area contributed by atoms with Crippen molar-refractivity contribution < 1.29 is 19.7 Å². The predicted molar refractivity (Wildman–Crippen MR) is 129 cm³/mol. The molecule has 1 aliphatic carbocycles. The first-order valence-electron chi connectivity index (χ1n) is 11.8. The van der Waals surface area contributed by atoms with Crippen molar-refractivity contribution in [1.82, 2.24) is 9.88 Å². The Morgan fingerprint density at radius 2 is 1.97 bits per heavy atom. The molecule has 2 aromatic carbocycles. The summed E-state index contributed by atoms with van der Waals surface area (Å²) in [4.78, 5) is 5.62. The van der Waals surface area contributed by atoms with Gasteiger partial charge in [0, 0.05) is 41.2 Å². The van der Waals surface area contributed by atoms with E-state index >= 15 is 0 Å². The summed E-state index contributed by atoms with van der Waals surface area (Å²) in [6, 6.07) is 13.7. The maximum absolute atomic E-state index is 11.0. The lowest BCUT2D eigenvalue weighted by Crippen LogP contribution is -2.45. The molecule has 0 radical (unpaired) electrons. The minimum absolute atomic E-state index is 0.112. The second kappa shape index (κ2) is 10.0. The molecule has 1 aromatic heterocycles. The molecule has 6 nitrogen and oxygen atoms in total. The highest BCUT2D eigenvalue weighted by Gasteiger charge is 2.36. The van der Waals surface area contributed by atoms with Crippen molar-refractivity contribution in [2.75, 3.05) is 26.4 Å². The summed E-state index contributed by atoms with van der Waals surface area (Å²) < 4.78 is 11.6. The maximum atomic E-state index is 11.0. The molecule has 1 unspecified atom stereocenters. The quantitative estimate of drug-likeness (QED) is 0.314. The molecule has 1 fully saturated rings. The number of aliphatic hydroxyl groups is 2. The van der Waals surface area contributed by atoms with E-state index in [4.69, 9.17) is 26.2 Å². The van der Waals surface area contributed by atoms with Crippen LogP contribution < -0.4 is 4.74 Å². The molecule has 1 aliphatic heterocycles. The Morgan fingerprint density at radius 3 is 2.70 bits per heavy atom. The van der Waals surface area contributed by atoms with Gasteiger partial charge in [0.25, 0.3) is 0 Å². The van der Waals surface area contributed by atoms with Crippen LogP contribution in [0.25, 0.3) is 10.9 Å². The molecule has 33 heavy (non-hydrogen) atoms. The van der Waals surface area contributed by atoms with E-state index < -0.39 is 6.41 Å². The molecule has 1 saturated carbocycles. The fourth-order valence-corrected chi connectivity index (χ4v) is 5.03. The van der Waals surface area contributed by atoms with Crippen LogP contribution in [0.15, 0.2) is 42.5 Å². The number of aromatic amines is 1. The summed E-state index contributed by atoms with van der Waals surface area (Å²) in [5, 5.41) is 21.9. The molecule has 0 amide bonds. The van der Waals surface area contributed by atoms with E-state index in [1.165, 1.54) is 24.8 Å². The molecule has 0 saturated heterocycles. The lowest BCUT2D eigenvalue weighted by molar-refractivity contribution is -0.213. The highest BCUT2D eigenvalue weighted by Crippen LogP contribution is 2.40. The zero-order chi connectivity index (χ0) is 22.8. The third kappa shape index (κ3) is 4.77. The number of hydrogen-bond donors (Lipinski definition) is 3. The summed E-state index contributed by atoms with van der Waals surface area (Å²) >= 11 is 6.30. The van der Waals surface area contributed by atoms with Crippen LogP contribution in [-0.4, -0.2) is 52.9 Å². The number of hydrogen-bond acceptors (Lipinski definition) is 5. The summed E-state index contributed by atoms with van der Waals surface area (Å²) in [7, 11) is 0. The average molecular weight is 471 g/mol. The van der Waals surface area contributed by atoms with E-state index in [9.17, 15) is 5.11 Å². The van der Waals surface area contributed by atoms with Crippen molar-refractivity contribution >= 4 is 22.5 Å². The Kier molecular flexibility index (Phi) is 6.90. The first kappa shape index (κ1) is 22.7. The first-order chi connectivity index (χ1) is 16.1. The number of benzene rings is 2. The van der Waals surface area contributed by atoms with Gasteiger partial charge < -0.3 is 24.7 Å². The van der Waals surface area contributed by atoms with Gasteiger partial charge >= 0.3 is 0 Å². The van der Waals surface area contributed by atoms with Crippen molar-refractivity contribution in [3.8, 4) is 5.75 Å². The summed E-state index contributed by atoms with van der Waals surface area (Å²) in [5.41, 5.74) is 4.40. The minimum atomic E-state index is -0.973. The van der Waals surface area contributed by atoms with Gasteiger partial charge in [0.15, 0.2) is 0 Å². The van der Waals surface area contributed by atoms with Crippen LogP contribution in [0.2, 0.25) is 5.02 Å². The molecule has 7 heteroatoms. The predicted octanol–water partition coefficient (Wildman–Crippen LogP) is 4.62. The fraction of sp³-hybridized carbons (Fsp3) is 0.462. The third-order valence-corrected chi connectivity index (χ3v) is 7.12. The number of ether oxygens (including phenoxy) is 2. The van der Waals surface area contributed by atoms with Crippen LogP contribution in [0.3, 0.4) is 0 Å². The largest absolute Gasteiger partial charge is 0.494 e. The van der Waals surface area contributed by atoms with Gasteiger partial charge in [-0.15, -0.1) is 0 Å². The number of H-pyrrole nitrogens is 1. The van der Waals surface area contributed by atoms with Crippen LogP contribution in [0.1, 0.15) is 48.5 Å². The van der Waals surface area contributed by atoms with Crippen molar-refractivity contribution in [3.05, 3.63) is 64.3 Å². The second-order valence-corrected chi connectivity index (χ2v) is 9.49. The molecular formula is C26H31ClN2O4. The number of fused-ring (bicyclic) bond motifs is 3. The van der Waals surface area contributed by atoms with Crippen molar-refractivity contribution in [2.45, 2.75) is 44.6 Å². The molecule has 0 spiro atoms. The van der Waals surface area contributed by atoms with E-state index in [0.717, 1.165) is 39.4 Å². The van der Waals surface area contributed by atoms with Gasteiger partial charge in [0.05, 0.1) is 19.3 Å². The normalized spacial score (nSPS) is 19.9. The number of aromatic nitrogens is 1. The maximum Gasteiger partial charge on any atom is 0.216 e. The van der Waals surface area contributed by atoms with E-state index in [-0.39, 0.29) is 12.6 Å². The monoisotopic (exact) mass is 470 g/mol.